The van der Waals surface area contributed by atoms with Gasteiger partial charge < -0.3 is 10.2 Å². The first-order valence-corrected chi connectivity index (χ1v) is 6.55. The highest BCUT2D eigenvalue weighted by Gasteiger charge is 2.01. The van der Waals surface area contributed by atoms with Crippen molar-refractivity contribution in [2.45, 2.75) is 32.4 Å². The summed E-state index contributed by atoms with van der Waals surface area (Å²) in [6.07, 6.45) is 1.69. The van der Waals surface area contributed by atoms with E-state index >= 15 is 0 Å². The van der Waals surface area contributed by atoms with Gasteiger partial charge in [0.15, 0.2) is 0 Å². The lowest BCUT2D eigenvalue weighted by molar-refractivity contribution is 0.317. The SMILES string of the molecule is CC(CC#N)NCCCN(C)Cc1ccccc1. The number of nitriles is 1. The maximum Gasteiger partial charge on any atom is 0.0638 e. The summed E-state index contributed by atoms with van der Waals surface area (Å²) in [5.74, 6) is 0. The van der Waals surface area contributed by atoms with E-state index in [0.29, 0.717) is 12.5 Å². The van der Waals surface area contributed by atoms with Gasteiger partial charge in [-0.15, -0.1) is 0 Å². The Kier molecular flexibility index (Phi) is 7.09. The van der Waals surface area contributed by atoms with Gasteiger partial charge in [0.1, 0.15) is 0 Å². The molecule has 1 aromatic carbocycles. The second-order valence-corrected chi connectivity index (χ2v) is 4.79. The summed E-state index contributed by atoms with van der Waals surface area (Å²) in [5, 5.41) is 11.9. The molecule has 98 valence electrons. The monoisotopic (exact) mass is 245 g/mol. The number of hydrogen-bond acceptors (Lipinski definition) is 3. The second-order valence-electron chi connectivity index (χ2n) is 4.79. The van der Waals surface area contributed by atoms with Crippen LogP contribution < -0.4 is 5.32 Å². The summed E-state index contributed by atoms with van der Waals surface area (Å²) in [6.45, 7) is 5.09. The van der Waals surface area contributed by atoms with E-state index in [9.17, 15) is 0 Å². The number of nitrogens with zero attached hydrogens (tertiary/aromatic N) is 2. The maximum absolute atomic E-state index is 8.55. The van der Waals surface area contributed by atoms with Crippen LogP contribution in [-0.2, 0) is 6.54 Å². The molecule has 0 bridgehead atoms. The lowest BCUT2D eigenvalue weighted by Gasteiger charge is -2.17. The predicted molar refractivity (Wildman–Crippen MR) is 75.1 cm³/mol. The largest absolute Gasteiger partial charge is 0.313 e. The second kappa shape index (κ2) is 8.68. The minimum atomic E-state index is 0.300. The summed E-state index contributed by atoms with van der Waals surface area (Å²) in [5.41, 5.74) is 1.35. The Morgan fingerprint density at radius 2 is 2.06 bits per heavy atom. The molecule has 1 unspecified atom stereocenters. The first-order valence-electron chi connectivity index (χ1n) is 6.55. The molecular formula is C15H23N3. The molecule has 0 heterocycles. The molecule has 0 saturated carbocycles. The van der Waals surface area contributed by atoms with Crippen molar-refractivity contribution in [1.29, 1.82) is 5.26 Å². The van der Waals surface area contributed by atoms with Crippen LogP contribution in [0.15, 0.2) is 30.3 Å². The van der Waals surface area contributed by atoms with Gasteiger partial charge in [-0.2, -0.15) is 5.26 Å². The number of rotatable bonds is 8. The maximum atomic E-state index is 8.55. The van der Waals surface area contributed by atoms with Crippen LogP contribution >= 0.6 is 0 Å². The van der Waals surface area contributed by atoms with Crippen molar-refractivity contribution in [2.75, 3.05) is 20.1 Å². The Hall–Kier alpha value is -1.37. The van der Waals surface area contributed by atoms with Crippen molar-refractivity contribution >= 4 is 0 Å². The molecule has 0 radical (unpaired) electrons. The minimum absolute atomic E-state index is 0.300. The van der Waals surface area contributed by atoms with Crippen LogP contribution in [0.25, 0.3) is 0 Å². The van der Waals surface area contributed by atoms with Crippen LogP contribution in [0.5, 0.6) is 0 Å². The molecule has 0 aromatic heterocycles. The van der Waals surface area contributed by atoms with E-state index in [-0.39, 0.29) is 0 Å². The zero-order valence-electron chi connectivity index (χ0n) is 11.4. The van der Waals surface area contributed by atoms with E-state index < -0.39 is 0 Å². The van der Waals surface area contributed by atoms with Gasteiger partial charge in [0.05, 0.1) is 12.5 Å². The van der Waals surface area contributed by atoms with Crippen molar-refractivity contribution < 1.29 is 0 Å². The Morgan fingerprint density at radius 1 is 1.33 bits per heavy atom. The molecule has 1 N–H and O–H groups in total. The fraction of sp³-hybridized carbons (Fsp3) is 0.533. The van der Waals surface area contributed by atoms with Crippen molar-refractivity contribution in [2.24, 2.45) is 0 Å². The zero-order valence-corrected chi connectivity index (χ0v) is 11.4. The van der Waals surface area contributed by atoms with Gasteiger partial charge in [-0.05, 0) is 39.0 Å². The molecule has 0 spiro atoms. The van der Waals surface area contributed by atoms with Crippen LogP contribution in [0.3, 0.4) is 0 Å². The number of nitrogens with one attached hydrogen (secondary N) is 1. The number of benzene rings is 1. The molecule has 1 rings (SSSR count). The molecule has 18 heavy (non-hydrogen) atoms. The van der Waals surface area contributed by atoms with Gasteiger partial charge >= 0.3 is 0 Å². The average Bonchev–Trinajstić information content (AvgIpc) is 2.36. The third-order valence-corrected chi connectivity index (χ3v) is 2.90. The molecule has 3 nitrogen and oxygen atoms in total. The van der Waals surface area contributed by atoms with Crippen LogP contribution in [0, 0.1) is 11.3 Å². The van der Waals surface area contributed by atoms with E-state index in [4.69, 9.17) is 5.26 Å². The standard InChI is InChI=1S/C15H23N3/c1-14(9-10-16)17-11-6-12-18(2)13-15-7-4-3-5-8-15/h3-5,7-8,14,17H,6,9,11-13H2,1-2H3. The fourth-order valence-electron chi connectivity index (χ4n) is 1.88. The van der Waals surface area contributed by atoms with Crippen molar-refractivity contribution in [3.63, 3.8) is 0 Å². The van der Waals surface area contributed by atoms with E-state index in [2.05, 4.69) is 54.5 Å². The van der Waals surface area contributed by atoms with Crippen LogP contribution in [0.2, 0.25) is 0 Å². The Morgan fingerprint density at radius 3 is 2.72 bits per heavy atom. The molecule has 0 fully saturated rings. The summed E-state index contributed by atoms with van der Waals surface area (Å²) >= 11 is 0. The molecule has 0 amide bonds. The lowest BCUT2D eigenvalue weighted by Crippen LogP contribution is -2.29. The van der Waals surface area contributed by atoms with Gasteiger partial charge in [0, 0.05) is 12.6 Å². The van der Waals surface area contributed by atoms with Gasteiger partial charge in [-0.3, -0.25) is 0 Å². The smallest absolute Gasteiger partial charge is 0.0638 e. The number of hydrogen-bond donors (Lipinski definition) is 1. The third-order valence-electron chi connectivity index (χ3n) is 2.90. The van der Waals surface area contributed by atoms with E-state index in [1.54, 1.807) is 0 Å². The average molecular weight is 245 g/mol. The van der Waals surface area contributed by atoms with Crippen molar-refractivity contribution in [3.8, 4) is 6.07 Å². The third kappa shape index (κ3) is 6.39. The van der Waals surface area contributed by atoms with E-state index in [1.165, 1.54) is 5.56 Å². The summed E-state index contributed by atoms with van der Waals surface area (Å²) in [4.78, 5) is 2.33. The molecule has 0 aliphatic rings. The Bertz CT molecular complexity index is 356. The van der Waals surface area contributed by atoms with Crippen molar-refractivity contribution in [3.05, 3.63) is 35.9 Å². The molecule has 0 aliphatic carbocycles. The van der Waals surface area contributed by atoms with Crippen LogP contribution in [0.1, 0.15) is 25.3 Å². The summed E-state index contributed by atoms with van der Waals surface area (Å²) < 4.78 is 0. The van der Waals surface area contributed by atoms with E-state index in [1.807, 2.05) is 6.07 Å². The highest BCUT2D eigenvalue weighted by atomic mass is 15.1. The molecular weight excluding hydrogens is 222 g/mol. The topological polar surface area (TPSA) is 39.1 Å². The molecule has 0 saturated heterocycles. The highest BCUT2D eigenvalue weighted by Crippen LogP contribution is 2.02. The molecule has 1 aromatic rings. The van der Waals surface area contributed by atoms with Crippen LogP contribution in [0.4, 0.5) is 0 Å². The predicted octanol–water partition coefficient (Wildman–Crippen LogP) is 2.40. The molecule has 0 aliphatic heterocycles. The first kappa shape index (κ1) is 14.7. The van der Waals surface area contributed by atoms with Gasteiger partial charge in [-0.25, -0.2) is 0 Å². The summed E-state index contributed by atoms with van der Waals surface area (Å²) in [7, 11) is 2.14. The lowest BCUT2D eigenvalue weighted by atomic mass is 10.2. The normalized spacial score (nSPS) is 12.3. The quantitative estimate of drug-likeness (QED) is 0.715. The van der Waals surface area contributed by atoms with Crippen LogP contribution in [-0.4, -0.2) is 31.1 Å². The zero-order chi connectivity index (χ0) is 13.2. The first-order chi connectivity index (χ1) is 8.72. The Labute approximate surface area is 110 Å². The fourth-order valence-corrected chi connectivity index (χ4v) is 1.88. The van der Waals surface area contributed by atoms with E-state index in [0.717, 1.165) is 26.1 Å². The molecule has 1 atom stereocenters. The summed E-state index contributed by atoms with van der Waals surface area (Å²) in [6, 6.07) is 13.0. The van der Waals surface area contributed by atoms with Gasteiger partial charge in [0.25, 0.3) is 0 Å². The minimum Gasteiger partial charge on any atom is -0.313 e. The van der Waals surface area contributed by atoms with Gasteiger partial charge in [0.2, 0.25) is 0 Å². The highest BCUT2D eigenvalue weighted by molar-refractivity contribution is 5.14. The van der Waals surface area contributed by atoms with Crippen molar-refractivity contribution in [1.82, 2.24) is 10.2 Å². The Balaban J connectivity index is 2.11. The van der Waals surface area contributed by atoms with Gasteiger partial charge in [-0.1, -0.05) is 30.3 Å². The molecule has 3 heteroatoms.